The van der Waals surface area contributed by atoms with Gasteiger partial charge in [0.1, 0.15) is 0 Å². The van der Waals surface area contributed by atoms with Crippen molar-refractivity contribution in [2.75, 3.05) is 26.2 Å². The summed E-state index contributed by atoms with van der Waals surface area (Å²) in [6.07, 6.45) is 2.25. The van der Waals surface area contributed by atoms with Crippen molar-refractivity contribution in [3.8, 4) is 11.1 Å². The zero-order valence-electron chi connectivity index (χ0n) is 12.6. The number of amides is 1. The molecule has 0 radical (unpaired) electrons. The van der Waals surface area contributed by atoms with Gasteiger partial charge >= 0.3 is 0 Å². The fourth-order valence-electron chi connectivity index (χ4n) is 3.55. The molecule has 3 aliphatic rings. The molecule has 3 nitrogen and oxygen atoms in total. The monoisotopic (exact) mass is 312 g/mol. The number of carbonyl (C=O) groups excluding carboxylic acids is 1. The zero-order chi connectivity index (χ0) is 14.9. The third-order valence-electron chi connectivity index (χ3n) is 4.90. The second-order valence-corrected chi connectivity index (χ2v) is 6.94. The van der Waals surface area contributed by atoms with Crippen LogP contribution in [0.15, 0.2) is 41.1 Å². The summed E-state index contributed by atoms with van der Waals surface area (Å²) in [5.74, 6) is 0.200. The summed E-state index contributed by atoms with van der Waals surface area (Å²) >= 11 is 1.70. The first-order chi connectivity index (χ1) is 10.8. The Hall–Kier alpha value is -1.65. The van der Waals surface area contributed by atoms with Gasteiger partial charge in [0.25, 0.3) is 5.91 Å². The number of carbonyl (C=O) groups is 1. The Bertz CT molecular complexity index is 642. The lowest BCUT2D eigenvalue weighted by Gasteiger charge is -2.31. The lowest BCUT2D eigenvalue weighted by atomic mass is 10.0. The maximum Gasteiger partial charge on any atom is 0.254 e. The molecule has 3 aliphatic heterocycles. The predicted octanol–water partition coefficient (Wildman–Crippen LogP) is 3.34. The van der Waals surface area contributed by atoms with Crippen LogP contribution in [0.2, 0.25) is 0 Å². The third kappa shape index (κ3) is 2.57. The molecule has 1 aromatic carbocycles. The Morgan fingerprint density at radius 3 is 2.41 bits per heavy atom. The summed E-state index contributed by atoms with van der Waals surface area (Å²) in [5.41, 5.74) is 3.23. The van der Waals surface area contributed by atoms with E-state index in [2.05, 4.69) is 38.8 Å². The van der Waals surface area contributed by atoms with Crippen molar-refractivity contribution in [2.45, 2.75) is 18.9 Å². The van der Waals surface area contributed by atoms with Crippen LogP contribution in [-0.2, 0) is 0 Å². The Kier molecular flexibility index (Phi) is 3.72. The summed E-state index contributed by atoms with van der Waals surface area (Å²) in [6.45, 7) is 4.18. The van der Waals surface area contributed by atoms with Gasteiger partial charge in [-0.05, 0) is 52.9 Å². The maximum atomic E-state index is 12.8. The quantitative estimate of drug-likeness (QED) is 0.849. The molecule has 3 fully saturated rings. The maximum absolute atomic E-state index is 12.8. The van der Waals surface area contributed by atoms with Gasteiger partial charge in [-0.15, -0.1) is 0 Å². The number of piperidine rings is 1. The van der Waals surface area contributed by atoms with Gasteiger partial charge in [0.2, 0.25) is 0 Å². The van der Waals surface area contributed by atoms with Gasteiger partial charge in [-0.25, -0.2) is 0 Å². The molecular weight excluding hydrogens is 292 g/mol. The zero-order valence-corrected chi connectivity index (χ0v) is 13.4. The van der Waals surface area contributed by atoms with Crippen LogP contribution in [-0.4, -0.2) is 47.9 Å². The van der Waals surface area contributed by atoms with E-state index < -0.39 is 0 Å². The highest BCUT2D eigenvalue weighted by Gasteiger charge is 2.32. The fraction of sp³-hybridized carbons (Fsp3) is 0.389. The molecule has 4 heteroatoms. The Morgan fingerprint density at radius 2 is 1.73 bits per heavy atom. The topological polar surface area (TPSA) is 23.6 Å². The number of hydrogen-bond donors (Lipinski definition) is 0. The van der Waals surface area contributed by atoms with Crippen molar-refractivity contribution in [3.63, 3.8) is 0 Å². The van der Waals surface area contributed by atoms with E-state index in [0.29, 0.717) is 6.04 Å². The second kappa shape index (κ2) is 5.86. The van der Waals surface area contributed by atoms with Gasteiger partial charge in [-0.2, -0.15) is 11.3 Å². The predicted molar refractivity (Wildman–Crippen MR) is 90.3 cm³/mol. The first kappa shape index (κ1) is 14.0. The van der Waals surface area contributed by atoms with Crippen LogP contribution in [0.3, 0.4) is 0 Å². The van der Waals surface area contributed by atoms with Crippen LogP contribution >= 0.6 is 11.3 Å². The van der Waals surface area contributed by atoms with Crippen molar-refractivity contribution in [2.24, 2.45) is 0 Å². The number of thiophene rings is 1. The number of rotatable bonds is 2. The van der Waals surface area contributed by atoms with Crippen molar-refractivity contribution < 1.29 is 4.79 Å². The molecule has 1 aromatic heterocycles. The largest absolute Gasteiger partial charge is 0.334 e. The molecule has 3 saturated heterocycles. The normalized spacial score (nSPS) is 24.3. The summed E-state index contributed by atoms with van der Waals surface area (Å²) < 4.78 is 0. The molecule has 0 spiro atoms. The molecule has 0 N–H and O–H groups in total. The lowest BCUT2D eigenvalue weighted by Crippen LogP contribution is -2.41. The number of nitrogens with zero attached hydrogens (tertiary/aromatic N) is 2. The van der Waals surface area contributed by atoms with Crippen molar-refractivity contribution in [1.82, 2.24) is 9.80 Å². The van der Waals surface area contributed by atoms with Gasteiger partial charge in [0, 0.05) is 37.8 Å². The smallest absolute Gasteiger partial charge is 0.254 e. The number of hydrogen-bond acceptors (Lipinski definition) is 3. The van der Waals surface area contributed by atoms with Crippen LogP contribution in [0, 0.1) is 0 Å². The molecule has 2 bridgehead atoms. The van der Waals surface area contributed by atoms with Crippen LogP contribution in [0.25, 0.3) is 11.1 Å². The molecule has 2 aromatic rings. The van der Waals surface area contributed by atoms with E-state index in [-0.39, 0.29) is 5.91 Å². The number of benzene rings is 1. The fourth-order valence-corrected chi connectivity index (χ4v) is 4.22. The van der Waals surface area contributed by atoms with Gasteiger partial charge in [-0.1, -0.05) is 12.1 Å². The molecule has 114 valence electrons. The van der Waals surface area contributed by atoms with Crippen LogP contribution in [0.4, 0.5) is 0 Å². The summed E-state index contributed by atoms with van der Waals surface area (Å²) in [7, 11) is 0. The molecule has 0 unspecified atom stereocenters. The first-order valence-corrected chi connectivity index (χ1v) is 8.91. The Labute approximate surface area is 135 Å². The van der Waals surface area contributed by atoms with Gasteiger partial charge in [0.05, 0.1) is 0 Å². The third-order valence-corrected chi connectivity index (χ3v) is 5.59. The second-order valence-electron chi connectivity index (χ2n) is 6.16. The molecule has 0 aliphatic carbocycles. The van der Waals surface area contributed by atoms with Crippen LogP contribution in [0.5, 0.6) is 0 Å². The molecule has 5 rings (SSSR count). The van der Waals surface area contributed by atoms with Crippen molar-refractivity contribution >= 4 is 17.2 Å². The summed E-state index contributed by atoms with van der Waals surface area (Å²) in [4.78, 5) is 17.4. The molecule has 0 saturated carbocycles. The average Bonchev–Trinajstić information content (AvgIpc) is 2.95. The standard InChI is InChI=1S/C18H20N2OS/c21-18(20-11-10-19-8-5-17(20)6-9-19)15-3-1-14(2-4-15)16-7-12-22-13-16/h1-4,7,12-13,17H,5-6,8-11H2. The Morgan fingerprint density at radius 1 is 0.955 bits per heavy atom. The minimum absolute atomic E-state index is 0.200. The minimum atomic E-state index is 0.200. The van der Waals surface area contributed by atoms with E-state index in [9.17, 15) is 4.79 Å². The van der Waals surface area contributed by atoms with Gasteiger partial charge in [0.15, 0.2) is 0 Å². The van der Waals surface area contributed by atoms with E-state index in [0.717, 1.165) is 44.6 Å². The first-order valence-electron chi connectivity index (χ1n) is 7.97. The minimum Gasteiger partial charge on any atom is -0.334 e. The SMILES string of the molecule is O=C(c1ccc(-c2ccsc2)cc1)N1CCN2CCC1CC2. The van der Waals surface area contributed by atoms with Crippen LogP contribution < -0.4 is 0 Å². The van der Waals surface area contributed by atoms with E-state index in [1.165, 1.54) is 11.1 Å². The molecule has 0 atom stereocenters. The van der Waals surface area contributed by atoms with Gasteiger partial charge in [-0.3, -0.25) is 4.79 Å². The Balaban J connectivity index is 1.55. The lowest BCUT2D eigenvalue weighted by molar-refractivity contribution is 0.0685. The van der Waals surface area contributed by atoms with Crippen molar-refractivity contribution in [1.29, 1.82) is 0 Å². The van der Waals surface area contributed by atoms with E-state index in [1.807, 2.05) is 12.1 Å². The van der Waals surface area contributed by atoms with Gasteiger partial charge < -0.3 is 9.80 Å². The number of fused-ring (bicyclic) bond motifs is 4. The summed E-state index contributed by atoms with van der Waals surface area (Å²) in [6, 6.07) is 10.6. The molecule has 4 heterocycles. The van der Waals surface area contributed by atoms with E-state index >= 15 is 0 Å². The van der Waals surface area contributed by atoms with Crippen LogP contribution in [0.1, 0.15) is 23.2 Å². The van der Waals surface area contributed by atoms with Crippen molar-refractivity contribution in [3.05, 3.63) is 46.7 Å². The highest BCUT2D eigenvalue weighted by atomic mass is 32.1. The average molecular weight is 312 g/mol. The highest BCUT2D eigenvalue weighted by Crippen LogP contribution is 2.25. The molecule has 22 heavy (non-hydrogen) atoms. The summed E-state index contributed by atoms with van der Waals surface area (Å²) in [5, 5.41) is 4.22. The molecular formula is C18H20N2OS. The van der Waals surface area contributed by atoms with E-state index in [4.69, 9.17) is 0 Å². The van der Waals surface area contributed by atoms with E-state index in [1.54, 1.807) is 11.3 Å². The highest BCUT2D eigenvalue weighted by molar-refractivity contribution is 7.08. The molecule has 1 amide bonds.